The Morgan fingerprint density at radius 3 is 0.464 bits per heavy atom. The van der Waals surface area contributed by atoms with Crippen molar-refractivity contribution in [1.82, 2.24) is 0 Å². The molecular formula is C72H114O12. The molecule has 0 aromatic heterocycles. The van der Waals surface area contributed by atoms with Crippen LogP contribution in [0.4, 0.5) is 0 Å². The van der Waals surface area contributed by atoms with E-state index in [9.17, 15) is 0 Å². The van der Waals surface area contributed by atoms with Crippen LogP contribution in [0.1, 0.15) is 302 Å². The van der Waals surface area contributed by atoms with Gasteiger partial charge >= 0.3 is 35.8 Å². The number of carbonyl (C=O) groups is 6. The molecule has 12 heteroatoms. The quantitative estimate of drug-likeness (QED) is 0.101. The van der Waals surface area contributed by atoms with Crippen LogP contribution in [-0.2, 0) is 28.4 Å². The predicted octanol–water partition coefficient (Wildman–Crippen LogP) is 17.4. The van der Waals surface area contributed by atoms with E-state index in [0.717, 1.165) is 77.0 Å². The number of ether oxygens (including phenoxy) is 6. The van der Waals surface area contributed by atoms with Gasteiger partial charge in [0.15, 0.2) is 0 Å². The molecule has 1 aromatic carbocycles. The van der Waals surface area contributed by atoms with Crippen molar-refractivity contribution in [2.45, 2.75) is 277 Å². The second kappa shape index (κ2) is 29.4. The van der Waals surface area contributed by atoms with Gasteiger partial charge in [0, 0.05) is 0 Å². The maximum absolute atomic E-state index is 16.5. The average molecular weight is 1170 g/mol. The molecule has 0 spiro atoms. The van der Waals surface area contributed by atoms with Crippen LogP contribution < -0.4 is 0 Å². The summed E-state index contributed by atoms with van der Waals surface area (Å²) in [5.74, 6) is -5.31. The van der Waals surface area contributed by atoms with E-state index in [2.05, 4.69) is 125 Å². The Labute approximate surface area is 507 Å². The molecule has 6 saturated carbocycles. The van der Waals surface area contributed by atoms with Crippen molar-refractivity contribution in [3.05, 3.63) is 33.4 Å². The predicted molar refractivity (Wildman–Crippen MR) is 330 cm³/mol. The van der Waals surface area contributed by atoms with Gasteiger partial charge in [0.2, 0.25) is 0 Å². The zero-order valence-electron chi connectivity index (χ0n) is 55.5. The van der Waals surface area contributed by atoms with Crippen molar-refractivity contribution in [1.29, 1.82) is 0 Å². The Kier molecular flexibility index (Phi) is 23.6. The minimum atomic E-state index is -1.07. The highest BCUT2D eigenvalue weighted by Crippen LogP contribution is 2.46. The summed E-state index contributed by atoms with van der Waals surface area (Å²) < 4.78 is 41.0. The summed E-state index contributed by atoms with van der Waals surface area (Å²) in [6.07, 6.45) is 9.31. The van der Waals surface area contributed by atoms with Gasteiger partial charge in [-0.05, 0) is 184 Å². The lowest BCUT2D eigenvalue weighted by atomic mass is 9.75. The van der Waals surface area contributed by atoms with Gasteiger partial charge in [0.1, 0.15) is 36.6 Å². The standard InChI is InChI=1S/C72H114O12/c1-37(2)49-25-19-43(13)31-55(49)79-67(73)61-62(68(74)80-56-32-44(14)20-26-50(56)38(3)4)64(70(76)82-58-34-46(16)22-28-52(58)40(7)8)66(72(78)84-60-36-48(18)24-30-54(60)42(11)12)65(71(77)83-59-35-47(17)23-29-53(59)41(9)10)63(61)69(75)81-57-33-45(15)21-27-51(57)39(5)6/h37-60H,19-36H2,1-18H3. The van der Waals surface area contributed by atoms with Gasteiger partial charge in [-0.15, -0.1) is 0 Å². The Morgan fingerprint density at radius 2 is 0.357 bits per heavy atom. The van der Waals surface area contributed by atoms with Crippen LogP contribution in [0, 0.1) is 107 Å². The molecule has 84 heavy (non-hydrogen) atoms. The maximum Gasteiger partial charge on any atom is 0.340 e. The zero-order chi connectivity index (χ0) is 61.8. The molecule has 0 bridgehead atoms. The third kappa shape index (κ3) is 16.0. The number of benzene rings is 1. The molecule has 18 atom stereocenters. The third-order valence-corrected chi connectivity index (χ3v) is 22.0. The largest absolute Gasteiger partial charge is 0.458 e. The minimum absolute atomic E-state index is 0.0839. The summed E-state index contributed by atoms with van der Waals surface area (Å²) in [5, 5.41) is 0. The maximum atomic E-state index is 16.5. The van der Waals surface area contributed by atoms with Crippen LogP contribution in [-0.4, -0.2) is 72.4 Å². The molecular weight excluding hydrogens is 1060 g/mol. The summed E-state index contributed by atoms with van der Waals surface area (Å²) in [7, 11) is 0. The number of esters is 6. The SMILES string of the molecule is CC1CCC(C(C)C)C(OC(=O)c2c(C(=O)OC3CC(C)CCC3C(C)C)c(C(=O)OC3CC(C)CCC3C(C)C)c(C(=O)OC3CC(C)CCC3C(C)C)c(C(=O)OC3CC(C)CCC3C(C)C)c2C(=O)OC2CC(C)CCC2C(C)C)C1. The topological polar surface area (TPSA) is 158 Å². The van der Waals surface area contributed by atoms with Crippen LogP contribution >= 0.6 is 0 Å². The molecule has 474 valence electrons. The van der Waals surface area contributed by atoms with E-state index in [1.165, 1.54) is 0 Å². The number of carbonyl (C=O) groups excluding carboxylic acids is 6. The fourth-order valence-corrected chi connectivity index (χ4v) is 16.7. The minimum Gasteiger partial charge on any atom is -0.458 e. The highest BCUT2D eigenvalue weighted by molar-refractivity contribution is 6.24. The van der Waals surface area contributed by atoms with Crippen LogP contribution in [0.5, 0.6) is 0 Å². The Morgan fingerprint density at radius 1 is 0.238 bits per heavy atom. The fraction of sp³-hybridized carbons (Fsp3) is 0.833. The summed E-state index contributed by atoms with van der Waals surface area (Å²) in [6.45, 7) is 38.0. The first-order valence-corrected chi connectivity index (χ1v) is 34.1. The monoisotopic (exact) mass is 1170 g/mol. The van der Waals surface area contributed by atoms with Gasteiger partial charge in [-0.3, -0.25) is 0 Å². The zero-order valence-corrected chi connectivity index (χ0v) is 55.5. The van der Waals surface area contributed by atoms with Gasteiger partial charge in [-0.2, -0.15) is 0 Å². The molecule has 6 aliphatic carbocycles. The molecule has 18 unspecified atom stereocenters. The van der Waals surface area contributed by atoms with Crippen LogP contribution in [0.15, 0.2) is 0 Å². The van der Waals surface area contributed by atoms with Gasteiger partial charge in [0.05, 0.1) is 33.4 Å². The van der Waals surface area contributed by atoms with Crippen molar-refractivity contribution in [3.8, 4) is 0 Å². The van der Waals surface area contributed by atoms with E-state index in [1.807, 2.05) is 0 Å². The summed E-state index contributed by atoms with van der Waals surface area (Å²) in [5.41, 5.74) is -3.77. The molecule has 7 rings (SSSR count). The first-order valence-electron chi connectivity index (χ1n) is 34.1. The lowest BCUT2D eigenvalue weighted by Crippen LogP contribution is -2.42. The molecule has 0 saturated heterocycles. The smallest absolute Gasteiger partial charge is 0.340 e. The van der Waals surface area contributed by atoms with Crippen LogP contribution in [0.3, 0.4) is 0 Å². The van der Waals surface area contributed by atoms with E-state index in [0.29, 0.717) is 38.5 Å². The molecule has 6 aliphatic rings. The Bertz CT molecular complexity index is 1990. The van der Waals surface area contributed by atoms with Gasteiger partial charge in [0.25, 0.3) is 0 Å². The van der Waals surface area contributed by atoms with Crippen molar-refractivity contribution >= 4 is 35.8 Å². The summed E-state index contributed by atoms with van der Waals surface area (Å²) >= 11 is 0. The number of rotatable bonds is 18. The molecule has 1 aromatic rings. The Balaban J connectivity index is 1.64. The molecule has 0 N–H and O–H groups in total. The second-order valence-electron chi connectivity index (χ2n) is 30.9. The first-order chi connectivity index (χ1) is 39.6. The molecule has 12 nitrogen and oxygen atoms in total. The first kappa shape index (κ1) is 67.5. The third-order valence-electron chi connectivity index (χ3n) is 22.0. The average Bonchev–Trinajstić information content (AvgIpc) is 1.19. The van der Waals surface area contributed by atoms with Gasteiger partial charge in [-0.1, -0.05) is 163 Å². The molecule has 0 heterocycles. The molecule has 0 amide bonds. The summed E-state index contributed by atoms with van der Waals surface area (Å²) in [6, 6.07) is 0. The van der Waals surface area contributed by atoms with Crippen molar-refractivity contribution in [2.75, 3.05) is 0 Å². The fourth-order valence-electron chi connectivity index (χ4n) is 16.7. The van der Waals surface area contributed by atoms with E-state index in [1.54, 1.807) is 0 Å². The van der Waals surface area contributed by atoms with Gasteiger partial charge < -0.3 is 28.4 Å². The Hall–Kier alpha value is -3.96. The second-order valence-corrected chi connectivity index (χ2v) is 30.9. The lowest BCUT2D eigenvalue weighted by molar-refractivity contribution is -0.0261. The normalized spacial score (nSPS) is 34.1. The van der Waals surface area contributed by atoms with E-state index >= 15 is 28.8 Å². The number of hydrogen-bond acceptors (Lipinski definition) is 12. The molecule has 0 radical (unpaired) electrons. The van der Waals surface area contributed by atoms with Gasteiger partial charge in [-0.25, -0.2) is 28.8 Å². The van der Waals surface area contributed by atoms with Crippen molar-refractivity contribution < 1.29 is 57.2 Å². The lowest BCUT2D eigenvalue weighted by Gasteiger charge is -2.39. The van der Waals surface area contributed by atoms with E-state index in [4.69, 9.17) is 28.4 Å². The highest BCUT2D eigenvalue weighted by atomic mass is 16.6. The summed E-state index contributed by atoms with van der Waals surface area (Å²) in [4.78, 5) is 98.8. The van der Waals surface area contributed by atoms with Crippen molar-refractivity contribution in [3.63, 3.8) is 0 Å². The highest BCUT2D eigenvalue weighted by Gasteiger charge is 2.50. The van der Waals surface area contributed by atoms with E-state index < -0.39 is 106 Å². The molecule has 6 fully saturated rings. The van der Waals surface area contributed by atoms with Crippen LogP contribution in [0.25, 0.3) is 0 Å². The van der Waals surface area contributed by atoms with Crippen LogP contribution in [0.2, 0.25) is 0 Å². The van der Waals surface area contributed by atoms with Crippen molar-refractivity contribution in [2.24, 2.45) is 107 Å². The molecule has 0 aliphatic heterocycles. The number of hydrogen-bond donors (Lipinski definition) is 0. The van der Waals surface area contributed by atoms with E-state index in [-0.39, 0.29) is 107 Å².